The van der Waals surface area contributed by atoms with Gasteiger partial charge in [-0.3, -0.25) is 0 Å². The van der Waals surface area contributed by atoms with E-state index in [1.54, 1.807) is 0 Å². The second-order valence-electron chi connectivity index (χ2n) is 19.1. The van der Waals surface area contributed by atoms with Crippen molar-refractivity contribution in [1.82, 2.24) is 24.1 Å². The fourth-order valence-electron chi connectivity index (χ4n) is 11.0. The molecule has 3 heterocycles. The number of para-hydroxylation sites is 2. The Morgan fingerprint density at radius 1 is 0.276 bits per heavy atom. The van der Waals surface area contributed by atoms with Crippen molar-refractivity contribution in [2.24, 2.45) is 0 Å². The second kappa shape index (κ2) is 18.5. The molecule has 0 aliphatic carbocycles. The van der Waals surface area contributed by atoms with Gasteiger partial charge in [0, 0.05) is 49.5 Å². The van der Waals surface area contributed by atoms with E-state index >= 15 is 0 Å². The summed E-state index contributed by atoms with van der Waals surface area (Å²) in [4.78, 5) is 19.7. The third-order valence-electron chi connectivity index (χ3n) is 14.6. The molecule has 0 aliphatic heterocycles. The van der Waals surface area contributed by atoms with Crippen molar-refractivity contribution in [3.05, 3.63) is 278 Å². The maximum atomic E-state index is 7.98. The number of nitrogens with zero attached hydrogens (tertiary/aromatic N) is 6. The standard InChI is InChI=1S/C70H44N6/c1-71-54-28-18-27-50(41-54)53-35-40-67(76-64-32-17-15-30-57(64)61-43-52(34-39-66(61)76)47-21-8-3-9-22-47)62(44-53)59-45-55(75-63-31-16-14-29-56(63)60-42-51(33-38-65(60)75)46-19-6-2-7-20-46)36-37-58(59)70-73-68(48-23-10-4-11-24-48)72-69(74-70)49-25-12-5-13-26-49/h2-45H. The van der Waals surface area contributed by atoms with E-state index in [0.717, 1.165) is 99.8 Å². The average molecular weight is 969 g/mol. The van der Waals surface area contributed by atoms with Crippen molar-refractivity contribution < 1.29 is 0 Å². The third kappa shape index (κ3) is 7.70. The van der Waals surface area contributed by atoms with E-state index in [1.807, 2.05) is 78.9 Å². The maximum absolute atomic E-state index is 7.98. The van der Waals surface area contributed by atoms with Gasteiger partial charge < -0.3 is 9.13 Å². The molecule has 0 unspecified atom stereocenters. The molecule has 0 saturated carbocycles. The molecular formula is C70H44N6. The minimum atomic E-state index is 0.546. The van der Waals surface area contributed by atoms with Gasteiger partial charge in [0.2, 0.25) is 0 Å². The van der Waals surface area contributed by atoms with Gasteiger partial charge in [-0.1, -0.05) is 194 Å². The Labute approximate surface area is 439 Å². The number of aromatic nitrogens is 5. The van der Waals surface area contributed by atoms with Crippen LogP contribution in [-0.4, -0.2) is 24.1 Å². The first-order chi connectivity index (χ1) is 37.6. The molecule has 0 atom stereocenters. The smallest absolute Gasteiger partial charge is 0.187 e. The minimum Gasteiger partial charge on any atom is -0.309 e. The van der Waals surface area contributed by atoms with Gasteiger partial charge in [0.15, 0.2) is 23.2 Å². The SMILES string of the molecule is [C-]#[N+]c1cccc(-c2ccc(-n3c4ccccc4c4cc(-c5ccccc5)ccc43)c(-c3cc(-n4c5ccccc5c5cc(-c6ccccc6)ccc54)ccc3-c3nc(-c4ccccc4)nc(-c4ccccc4)n3)c2)c1. The largest absolute Gasteiger partial charge is 0.309 e. The van der Waals surface area contributed by atoms with Gasteiger partial charge in [0.1, 0.15) is 0 Å². The number of fused-ring (bicyclic) bond motifs is 6. The Morgan fingerprint density at radius 2 is 0.724 bits per heavy atom. The Balaban J connectivity index is 1.09. The van der Waals surface area contributed by atoms with E-state index in [4.69, 9.17) is 21.5 Å². The molecule has 14 rings (SSSR count). The lowest BCUT2D eigenvalue weighted by Crippen LogP contribution is -2.04. The topological polar surface area (TPSA) is 52.9 Å². The Kier molecular flexibility index (Phi) is 10.8. The maximum Gasteiger partial charge on any atom is 0.187 e. The van der Waals surface area contributed by atoms with Crippen LogP contribution in [0.3, 0.4) is 0 Å². The van der Waals surface area contributed by atoms with E-state index in [2.05, 4.69) is 202 Å². The van der Waals surface area contributed by atoms with Gasteiger partial charge in [-0.2, -0.15) is 0 Å². The first-order valence-electron chi connectivity index (χ1n) is 25.5. The Hall–Kier alpha value is -10.5. The number of rotatable bonds is 9. The van der Waals surface area contributed by atoms with Crippen LogP contribution >= 0.6 is 0 Å². The molecule has 11 aromatic carbocycles. The van der Waals surface area contributed by atoms with Gasteiger partial charge in [0.25, 0.3) is 0 Å². The van der Waals surface area contributed by atoms with Crippen molar-refractivity contribution in [1.29, 1.82) is 0 Å². The quantitative estimate of drug-likeness (QED) is 0.135. The van der Waals surface area contributed by atoms with Crippen LogP contribution in [0.25, 0.3) is 139 Å². The fraction of sp³-hybridized carbons (Fsp3) is 0. The van der Waals surface area contributed by atoms with Crippen molar-refractivity contribution in [3.8, 4) is 90.0 Å². The Morgan fingerprint density at radius 3 is 1.30 bits per heavy atom. The van der Waals surface area contributed by atoms with Gasteiger partial charge in [0.05, 0.1) is 34.3 Å². The molecule has 0 amide bonds. The monoisotopic (exact) mass is 968 g/mol. The lowest BCUT2D eigenvalue weighted by molar-refractivity contribution is 1.07. The highest BCUT2D eigenvalue weighted by molar-refractivity contribution is 6.12. The molecule has 0 fully saturated rings. The zero-order valence-electron chi connectivity index (χ0n) is 41.1. The molecule has 76 heavy (non-hydrogen) atoms. The summed E-state index contributed by atoms with van der Waals surface area (Å²) >= 11 is 0. The molecule has 0 saturated heterocycles. The van der Waals surface area contributed by atoms with Crippen molar-refractivity contribution in [2.45, 2.75) is 0 Å². The van der Waals surface area contributed by atoms with E-state index in [-0.39, 0.29) is 0 Å². The van der Waals surface area contributed by atoms with Crippen molar-refractivity contribution in [2.75, 3.05) is 0 Å². The van der Waals surface area contributed by atoms with E-state index in [1.165, 1.54) is 16.3 Å². The number of benzene rings is 11. The molecule has 3 aromatic heterocycles. The Bertz CT molecular complexity index is 4510. The molecule has 0 spiro atoms. The van der Waals surface area contributed by atoms with Gasteiger partial charge in [-0.25, -0.2) is 19.8 Å². The highest BCUT2D eigenvalue weighted by Gasteiger charge is 2.24. The van der Waals surface area contributed by atoms with Crippen LogP contribution in [0.5, 0.6) is 0 Å². The fourth-order valence-corrected chi connectivity index (χ4v) is 11.0. The third-order valence-corrected chi connectivity index (χ3v) is 14.6. The second-order valence-corrected chi connectivity index (χ2v) is 19.1. The zero-order chi connectivity index (χ0) is 50.5. The predicted molar refractivity (Wildman–Crippen MR) is 313 cm³/mol. The summed E-state index contributed by atoms with van der Waals surface area (Å²) in [6, 6.07) is 93.8. The summed E-state index contributed by atoms with van der Waals surface area (Å²) in [5.74, 6) is 1.71. The highest BCUT2D eigenvalue weighted by Crippen LogP contribution is 2.45. The number of hydrogen-bond donors (Lipinski definition) is 0. The van der Waals surface area contributed by atoms with Crippen LogP contribution in [-0.2, 0) is 0 Å². The number of hydrogen-bond acceptors (Lipinski definition) is 3. The molecular weight excluding hydrogens is 925 g/mol. The molecule has 6 heteroatoms. The van der Waals surface area contributed by atoms with E-state index < -0.39 is 0 Å². The molecule has 354 valence electrons. The minimum absolute atomic E-state index is 0.546. The summed E-state index contributed by atoms with van der Waals surface area (Å²) in [6.45, 7) is 7.98. The highest BCUT2D eigenvalue weighted by atomic mass is 15.0. The average Bonchev–Trinajstić information content (AvgIpc) is 4.11. The molecule has 0 radical (unpaired) electrons. The lowest BCUT2D eigenvalue weighted by atomic mass is 9.92. The first-order valence-corrected chi connectivity index (χ1v) is 25.5. The first kappa shape index (κ1) is 44.2. The lowest BCUT2D eigenvalue weighted by Gasteiger charge is -2.20. The molecule has 0 N–H and O–H groups in total. The van der Waals surface area contributed by atoms with Crippen LogP contribution in [0.1, 0.15) is 0 Å². The van der Waals surface area contributed by atoms with Crippen LogP contribution in [0.2, 0.25) is 0 Å². The van der Waals surface area contributed by atoms with Crippen LogP contribution in [0.15, 0.2) is 267 Å². The summed E-state index contributed by atoms with van der Waals surface area (Å²) < 4.78 is 4.80. The predicted octanol–water partition coefficient (Wildman–Crippen LogP) is 18.3. The van der Waals surface area contributed by atoms with Crippen molar-refractivity contribution >= 4 is 49.3 Å². The molecule has 0 bridgehead atoms. The van der Waals surface area contributed by atoms with Crippen LogP contribution in [0, 0.1) is 6.57 Å². The zero-order valence-corrected chi connectivity index (χ0v) is 41.1. The van der Waals surface area contributed by atoms with Crippen LogP contribution in [0.4, 0.5) is 5.69 Å². The van der Waals surface area contributed by atoms with Crippen molar-refractivity contribution in [3.63, 3.8) is 0 Å². The molecule has 0 aliphatic rings. The summed E-state index contributed by atoms with van der Waals surface area (Å²) in [6.07, 6.45) is 0. The molecule has 14 aromatic rings. The van der Waals surface area contributed by atoms with Gasteiger partial charge in [-0.05, 0) is 112 Å². The van der Waals surface area contributed by atoms with E-state index in [0.29, 0.717) is 23.2 Å². The summed E-state index contributed by atoms with van der Waals surface area (Å²) in [5.41, 5.74) is 18.0. The normalized spacial score (nSPS) is 11.4. The summed E-state index contributed by atoms with van der Waals surface area (Å²) in [7, 11) is 0. The van der Waals surface area contributed by atoms with Gasteiger partial charge in [-0.15, -0.1) is 0 Å². The summed E-state index contributed by atoms with van der Waals surface area (Å²) in [5, 5.41) is 4.65. The molecule has 6 nitrogen and oxygen atoms in total. The van der Waals surface area contributed by atoms with E-state index in [9.17, 15) is 0 Å². The van der Waals surface area contributed by atoms with Gasteiger partial charge >= 0.3 is 0 Å². The van der Waals surface area contributed by atoms with Crippen LogP contribution < -0.4 is 0 Å².